The van der Waals surface area contributed by atoms with Crippen molar-refractivity contribution in [3.8, 4) is 0 Å². The van der Waals surface area contributed by atoms with Crippen molar-refractivity contribution in [2.24, 2.45) is 5.14 Å². The molecule has 1 heterocycles. The van der Waals surface area contributed by atoms with E-state index in [1.54, 1.807) is 0 Å². The molecule has 5 nitrogen and oxygen atoms in total. The minimum Gasteiger partial charge on any atom is -0.377 e. The highest BCUT2D eigenvalue weighted by molar-refractivity contribution is 7.86. The Balaban J connectivity index is 2.67. The van der Waals surface area contributed by atoms with E-state index >= 15 is 0 Å². The van der Waals surface area contributed by atoms with Crippen LogP contribution in [0.25, 0.3) is 0 Å². The number of methoxy groups -OCH3 is 1. The van der Waals surface area contributed by atoms with Crippen LogP contribution in [0.5, 0.6) is 0 Å². The highest BCUT2D eigenvalue weighted by atomic mass is 32.2. The van der Waals surface area contributed by atoms with E-state index in [0.29, 0.717) is 0 Å². The summed E-state index contributed by atoms with van der Waals surface area (Å²) in [6.45, 7) is -0.214. The summed E-state index contributed by atoms with van der Waals surface area (Å²) < 4.78 is 39.9. The van der Waals surface area contributed by atoms with Crippen LogP contribution in [0.3, 0.4) is 0 Å². The number of nitrogens with zero attached hydrogens (tertiary/aromatic N) is 1. The van der Waals surface area contributed by atoms with Gasteiger partial charge in [-0.2, -0.15) is 12.7 Å². The Morgan fingerprint density at radius 3 is 2.42 bits per heavy atom. The van der Waals surface area contributed by atoms with Gasteiger partial charge in [-0.05, 0) is 0 Å². The lowest BCUT2D eigenvalue weighted by Gasteiger charge is -2.10. The van der Waals surface area contributed by atoms with Crippen molar-refractivity contribution in [2.45, 2.75) is 12.3 Å². The second kappa shape index (κ2) is 3.25. The lowest BCUT2D eigenvalue weighted by Crippen LogP contribution is -2.35. The van der Waals surface area contributed by atoms with E-state index in [1.165, 1.54) is 7.11 Å². The summed E-state index contributed by atoms with van der Waals surface area (Å²) in [4.78, 5) is 0. The monoisotopic (exact) mass is 198 g/mol. The van der Waals surface area contributed by atoms with Gasteiger partial charge in [0, 0.05) is 20.2 Å². The molecule has 1 fully saturated rings. The maximum absolute atomic E-state index is 12.9. The van der Waals surface area contributed by atoms with Gasteiger partial charge >= 0.3 is 0 Å². The van der Waals surface area contributed by atoms with Crippen LogP contribution in [-0.4, -0.2) is 45.2 Å². The largest absolute Gasteiger partial charge is 0.377 e. The molecule has 7 heteroatoms. The Morgan fingerprint density at radius 1 is 1.58 bits per heavy atom. The van der Waals surface area contributed by atoms with Crippen LogP contribution in [0.15, 0.2) is 0 Å². The highest BCUT2D eigenvalue weighted by Gasteiger charge is 2.37. The molecule has 0 aromatic heterocycles. The molecule has 1 aliphatic heterocycles. The lowest BCUT2D eigenvalue weighted by molar-refractivity contribution is 0.0637. The zero-order valence-corrected chi connectivity index (χ0v) is 7.42. The van der Waals surface area contributed by atoms with Crippen molar-refractivity contribution in [1.29, 1.82) is 0 Å². The predicted octanol–water partition coefficient (Wildman–Crippen LogP) is -1.14. The number of hydrogen-bond donors (Lipinski definition) is 1. The van der Waals surface area contributed by atoms with Crippen molar-refractivity contribution in [3.63, 3.8) is 0 Å². The second-order valence-corrected chi connectivity index (χ2v) is 4.20. The molecule has 0 aromatic carbocycles. The first-order valence-corrected chi connectivity index (χ1v) is 4.90. The van der Waals surface area contributed by atoms with E-state index in [-0.39, 0.29) is 13.1 Å². The van der Waals surface area contributed by atoms with Crippen LogP contribution in [0.4, 0.5) is 4.39 Å². The zero-order chi connectivity index (χ0) is 9.35. The Hall–Kier alpha value is -0.240. The molecule has 0 spiro atoms. The van der Waals surface area contributed by atoms with Crippen molar-refractivity contribution in [2.75, 3.05) is 20.2 Å². The minimum absolute atomic E-state index is 0.00347. The fourth-order valence-corrected chi connectivity index (χ4v) is 1.84. The number of alkyl halides is 1. The van der Waals surface area contributed by atoms with Gasteiger partial charge < -0.3 is 4.74 Å². The average molecular weight is 198 g/mol. The molecule has 0 radical (unpaired) electrons. The highest BCUT2D eigenvalue weighted by Crippen LogP contribution is 2.17. The van der Waals surface area contributed by atoms with Gasteiger partial charge in [0.05, 0.1) is 0 Å². The number of nitrogens with two attached hydrogens (primary N) is 1. The maximum atomic E-state index is 12.9. The molecule has 0 saturated carbocycles. The molecular weight excluding hydrogens is 187 g/mol. The Morgan fingerprint density at radius 2 is 2.17 bits per heavy atom. The van der Waals surface area contributed by atoms with Gasteiger partial charge in [-0.1, -0.05) is 0 Å². The molecule has 2 N–H and O–H groups in total. The average Bonchev–Trinajstić information content (AvgIpc) is 2.29. The van der Waals surface area contributed by atoms with E-state index in [0.717, 1.165) is 4.31 Å². The quantitative estimate of drug-likeness (QED) is 0.609. The molecule has 1 rings (SSSR count). The molecule has 72 valence electrons. The summed E-state index contributed by atoms with van der Waals surface area (Å²) in [5, 5.41) is 4.80. The summed E-state index contributed by atoms with van der Waals surface area (Å²) in [6, 6.07) is 0. The van der Waals surface area contributed by atoms with Gasteiger partial charge in [-0.3, -0.25) is 0 Å². The van der Waals surface area contributed by atoms with Crippen molar-refractivity contribution < 1.29 is 17.5 Å². The lowest BCUT2D eigenvalue weighted by atomic mass is 10.3. The molecule has 0 aromatic rings. The van der Waals surface area contributed by atoms with Crippen LogP contribution in [0.1, 0.15) is 0 Å². The van der Waals surface area contributed by atoms with E-state index in [4.69, 9.17) is 9.88 Å². The molecule has 2 unspecified atom stereocenters. The first-order chi connectivity index (χ1) is 5.45. The Bertz CT molecular complexity index is 255. The number of halogens is 1. The van der Waals surface area contributed by atoms with Gasteiger partial charge in [0.15, 0.2) is 0 Å². The molecule has 0 aliphatic carbocycles. The smallest absolute Gasteiger partial charge is 0.277 e. The van der Waals surface area contributed by atoms with E-state index in [2.05, 4.69) is 0 Å². The first-order valence-electron chi connectivity index (χ1n) is 3.40. The molecule has 0 amide bonds. The van der Waals surface area contributed by atoms with E-state index < -0.39 is 22.5 Å². The predicted molar refractivity (Wildman–Crippen MR) is 40.4 cm³/mol. The van der Waals surface area contributed by atoms with Gasteiger partial charge in [-0.25, -0.2) is 9.53 Å². The minimum atomic E-state index is -3.77. The van der Waals surface area contributed by atoms with Crippen LogP contribution >= 0.6 is 0 Å². The Kier molecular flexibility index (Phi) is 2.67. The standard InChI is InChI=1S/C5H11FN2O3S/c1-11-5-3-8(2-4(5)6)12(7,9)10/h4-5H,2-3H2,1H3,(H2,7,9,10). The van der Waals surface area contributed by atoms with Crippen LogP contribution < -0.4 is 5.14 Å². The summed E-state index contributed by atoms with van der Waals surface area (Å²) in [5.74, 6) is 0. The summed E-state index contributed by atoms with van der Waals surface area (Å²) in [7, 11) is -2.43. The van der Waals surface area contributed by atoms with Crippen LogP contribution in [-0.2, 0) is 14.9 Å². The van der Waals surface area contributed by atoms with Crippen LogP contribution in [0, 0.1) is 0 Å². The molecule has 0 bridgehead atoms. The molecule has 12 heavy (non-hydrogen) atoms. The topological polar surface area (TPSA) is 72.6 Å². The van der Waals surface area contributed by atoms with Crippen LogP contribution in [0.2, 0.25) is 0 Å². The number of ether oxygens (including phenoxy) is 1. The second-order valence-electron chi connectivity index (χ2n) is 2.65. The third kappa shape index (κ3) is 1.92. The fraction of sp³-hybridized carbons (Fsp3) is 1.00. The van der Waals surface area contributed by atoms with Crippen molar-refractivity contribution in [3.05, 3.63) is 0 Å². The van der Waals surface area contributed by atoms with E-state index in [9.17, 15) is 12.8 Å². The van der Waals surface area contributed by atoms with E-state index in [1.807, 2.05) is 0 Å². The summed E-state index contributed by atoms with van der Waals surface area (Å²) in [6.07, 6.45) is -1.98. The third-order valence-corrected chi connectivity index (χ3v) is 2.85. The normalized spacial score (nSPS) is 32.6. The summed E-state index contributed by atoms with van der Waals surface area (Å²) >= 11 is 0. The van der Waals surface area contributed by atoms with Gasteiger partial charge in [0.25, 0.3) is 10.2 Å². The summed E-state index contributed by atoms with van der Waals surface area (Å²) in [5.41, 5.74) is 0. The van der Waals surface area contributed by atoms with Crippen molar-refractivity contribution >= 4 is 10.2 Å². The number of hydrogen-bond acceptors (Lipinski definition) is 3. The molecule has 2 atom stereocenters. The fourth-order valence-electron chi connectivity index (χ4n) is 1.13. The Labute approximate surface area is 70.5 Å². The van der Waals surface area contributed by atoms with Gasteiger partial charge in [0.1, 0.15) is 12.3 Å². The van der Waals surface area contributed by atoms with Crippen molar-refractivity contribution in [1.82, 2.24) is 4.31 Å². The first kappa shape index (κ1) is 9.85. The third-order valence-electron chi connectivity index (χ3n) is 1.83. The molecule has 1 aliphatic rings. The maximum Gasteiger partial charge on any atom is 0.277 e. The number of rotatable bonds is 2. The zero-order valence-electron chi connectivity index (χ0n) is 6.60. The van der Waals surface area contributed by atoms with Gasteiger partial charge in [-0.15, -0.1) is 0 Å². The molecule has 1 saturated heterocycles. The van der Waals surface area contributed by atoms with Gasteiger partial charge in [0.2, 0.25) is 0 Å². The SMILES string of the molecule is COC1CN(S(N)(=O)=O)CC1F. The molecular formula is C5H11FN2O3S.